The van der Waals surface area contributed by atoms with Gasteiger partial charge in [-0.25, -0.2) is 15.0 Å². The lowest BCUT2D eigenvalue weighted by Crippen LogP contribution is -2.56. The average molecular weight is 344 g/mol. The van der Waals surface area contributed by atoms with Crippen molar-refractivity contribution in [3.8, 4) is 0 Å². The van der Waals surface area contributed by atoms with E-state index in [9.17, 15) is 0 Å². The molecule has 2 aliphatic rings. The van der Waals surface area contributed by atoms with Crippen LogP contribution < -0.4 is 0 Å². The van der Waals surface area contributed by atoms with Crippen molar-refractivity contribution in [1.82, 2.24) is 19.9 Å². The van der Waals surface area contributed by atoms with Gasteiger partial charge in [0, 0.05) is 39.3 Å². The van der Waals surface area contributed by atoms with Gasteiger partial charge < -0.3 is 14.1 Å². The van der Waals surface area contributed by atoms with Crippen molar-refractivity contribution in [2.24, 2.45) is 0 Å². The SMILES string of the molecule is CCCCN1CCN(N2CCOC(c3nc4ccccc4o3)C2)CC1. The van der Waals surface area contributed by atoms with Crippen LogP contribution in [0.25, 0.3) is 11.1 Å². The van der Waals surface area contributed by atoms with Crippen LogP contribution in [0.1, 0.15) is 31.8 Å². The van der Waals surface area contributed by atoms with Gasteiger partial charge in [-0.2, -0.15) is 0 Å². The highest BCUT2D eigenvalue weighted by atomic mass is 16.5. The zero-order valence-electron chi connectivity index (χ0n) is 15.1. The topological polar surface area (TPSA) is 45.0 Å². The van der Waals surface area contributed by atoms with Crippen LogP contribution in [-0.4, -0.2) is 72.3 Å². The summed E-state index contributed by atoms with van der Waals surface area (Å²) >= 11 is 0. The Kier molecular flexibility index (Phi) is 5.31. The van der Waals surface area contributed by atoms with E-state index < -0.39 is 0 Å². The largest absolute Gasteiger partial charge is 0.438 e. The molecule has 2 aliphatic heterocycles. The maximum Gasteiger partial charge on any atom is 0.226 e. The lowest BCUT2D eigenvalue weighted by atomic mass is 10.2. The standard InChI is InChI=1S/C19H28N4O2/c1-2-3-8-21-9-11-22(12-10-21)23-13-14-24-18(15-23)19-20-16-6-4-5-7-17(16)25-19/h4-7,18H,2-3,8-15H2,1H3. The van der Waals surface area contributed by atoms with E-state index in [2.05, 4.69) is 26.8 Å². The first-order chi connectivity index (χ1) is 12.3. The molecule has 0 aliphatic carbocycles. The van der Waals surface area contributed by atoms with Crippen LogP contribution in [0.5, 0.6) is 0 Å². The Hall–Kier alpha value is -1.47. The van der Waals surface area contributed by atoms with Crippen LogP contribution in [0, 0.1) is 0 Å². The molecule has 2 aromatic rings. The Balaban J connectivity index is 1.36. The second-order valence-corrected chi connectivity index (χ2v) is 6.94. The molecule has 1 unspecified atom stereocenters. The molecule has 0 spiro atoms. The van der Waals surface area contributed by atoms with Crippen molar-refractivity contribution in [3.63, 3.8) is 0 Å². The molecule has 136 valence electrons. The number of para-hydroxylation sites is 2. The molecule has 4 rings (SSSR count). The summed E-state index contributed by atoms with van der Waals surface area (Å²) in [4.78, 5) is 7.20. The van der Waals surface area contributed by atoms with Crippen LogP contribution in [0.15, 0.2) is 28.7 Å². The number of oxazole rings is 1. The molecule has 1 aromatic carbocycles. The van der Waals surface area contributed by atoms with Gasteiger partial charge in [-0.1, -0.05) is 25.5 Å². The monoisotopic (exact) mass is 344 g/mol. The first-order valence-electron chi connectivity index (χ1n) is 9.52. The number of unbranched alkanes of at least 4 members (excludes halogenated alkanes) is 1. The zero-order valence-corrected chi connectivity index (χ0v) is 15.1. The normalized spacial score (nSPS) is 24.1. The van der Waals surface area contributed by atoms with Gasteiger partial charge in [0.2, 0.25) is 5.89 Å². The molecule has 1 atom stereocenters. The van der Waals surface area contributed by atoms with Crippen molar-refractivity contribution in [2.45, 2.75) is 25.9 Å². The molecule has 0 N–H and O–H groups in total. The van der Waals surface area contributed by atoms with Crippen LogP contribution in [0.3, 0.4) is 0 Å². The number of hydrogen-bond acceptors (Lipinski definition) is 6. The van der Waals surface area contributed by atoms with E-state index in [0.29, 0.717) is 5.89 Å². The van der Waals surface area contributed by atoms with Crippen molar-refractivity contribution in [2.75, 3.05) is 52.4 Å². The summed E-state index contributed by atoms with van der Waals surface area (Å²) in [6.45, 7) is 10.5. The molecule has 0 bridgehead atoms. The van der Waals surface area contributed by atoms with E-state index >= 15 is 0 Å². The van der Waals surface area contributed by atoms with Gasteiger partial charge in [0.15, 0.2) is 5.58 Å². The molecular formula is C19H28N4O2. The lowest BCUT2D eigenvalue weighted by Gasteiger charge is -2.43. The number of ether oxygens (including phenoxy) is 1. The minimum absolute atomic E-state index is 0.0840. The van der Waals surface area contributed by atoms with E-state index in [-0.39, 0.29) is 6.10 Å². The molecule has 0 amide bonds. The second kappa shape index (κ2) is 7.83. The Morgan fingerprint density at radius 3 is 2.72 bits per heavy atom. The summed E-state index contributed by atoms with van der Waals surface area (Å²) in [6, 6.07) is 7.91. The number of piperazine rings is 1. The van der Waals surface area contributed by atoms with E-state index in [1.54, 1.807) is 0 Å². The van der Waals surface area contributed by atoms with Gasteiger partial charge in [0.1, 0.15) is 11.6 Å². The molecule has 25 heavy (non-hydrogen) atoms. The summed E-state index contributed by atoms with van der Waals surface area (Å²) < 4.78 is 11.9. The first-order valence-corrected chi connectivity index (χ1v) is 9.52. The summed E-state index contributed by atoms with van der Waals surface area (Å²) in [6.07, 6.45) is 2.49. The number of hydrazine groups is 1. The maximum absolute atomic E-state index is 5.95. The second-order valence-electron chi connectivity index (χ2n) is 6.94. The molecule has 0 radical (unpaired) electrons. The van der Waals surface area contributed by atoms with Gasteiger partial charge in [-0.15, -0.1) is 0 Å². The molecular weight excluding hydrogens is 316 g/mol. The Labute approximate surface area is 149 Å². The predicted octanol–water partition coefficient (Wildman–Crippen LogP) is 2.53. The van der Waals surface area contributed by atoms with E-state index in [0.717, 1.165) is 57.0 Å². The van der Waals surface area contributed by atoms with Gasteiger partial charge in [0.05, 0.1) is 6.61 Å². The van der Waals surface area contributed by atoms with Crippen molar-refractivity contribution in [3.05, 3.63) is 30.2 Å². The number of morpholine rings is 1. The Morgan fingerprint density at radius 2 is 1.92 bits per heavy atom. The third-order valence-corrected chi connectivity index (χ3v) is 5.21. The van der Waals surface area contributed by atoms with Gasteiger partial charge in [0.25, 0.3) is 0 Å². The summed E-state index contributed by atoms with van der Waals surface area (Å²) in [5.41, 5.74) is 1.74. The van der Waals surface area contributed by atoms with Crippen molar-refractivity contribution >= 4 is 11.1 Å². The number of rotatable bonds is 5. The van der Waals surface area contributed by atoms with E-state index in [1.807, 2.05) is 24.3 Å². The Bertz CT molecular complexity index is 648. The van der Waals surface area contributed by atoms with Crippen LogP contribution in [-0.2, 0) is 4.74 Å². The van der Waals surface area contributed by atoms with Crippen molar-refractivity contribution in [1.29, 1.82) is 0 Å². The number of benzene rings is 1. The molecule has 6 nitrogen and oxygen atoms in total. The quantitative estimate of drug-likeness (QED) is 0.831. The molecule has 1 aromatic heterocycles. The van der Waals surface area contributed by atoms with Gasteiger partial charge >= 0.3 is 0 Å². The van der Waals surface area contributed by atoms with E-state index in [1.165, 1.54) is 19.4 Å². The molecule has 2 fully saturated rings. The molecule has 6 heteroatoms. The minimum Gasteiger partial charge on any atom is -0.438 e. The highest BCUT2D eigenvalue weighted by Crippen LogP contribution is 2.26. The average Bonchev–Trinajstić information content (AvgIpc) is 3.11. The minimum atomic E-state index is -0.0840. The lowest BCUT2D eigenvalue weighted by molar-refractivity contribution is -0.141. The highest BCUT2D eigenvalue weighted by molar-refractivity contribution is 5.72. The van der Waals surface area contributed by atoms with Gasteiger partial charge in [-0.3, -0.25) is 0 Å². The smallest absolute Gasteiger partial charge is 0.226 e. The van der Waals surface area contributed by atoms with Crippen LogP contribution >= 0.6 is 0 Å². The maximum atomic E-state index is 5.95. The van der Waals surface area contributed by atoms with Crippen LogP contribution in [0.2, 0.25) is 0 Å². The highest BCUT2D eigenvalue weighted by Gasteiger charge is 2.30. The number of aromatic nitrogens is 1. The van der Waals surface area contributed by atoms with E-state index in [4.69, 9.17) is 9.15 Å². The summed E-state index contributed by atoms with van der Waals surface area (Å²) in [5, 5.41) is 4.92. The first kappa shape index (κ1) is 17.0. The van der Waals surface area contributed by atoms with Crippen molar-refractivity contribution < 1.29 is 9.15 Å². The summed E-state index contributed by atoms with van der Waals surface area (Å²) in [7, 11) is 0. The fraction of sp³-hybridized carbons (Fsp3) is 0.632. The molecule has 3 heterocycles. The third-order valence-electron chi connectivity index (χ3n) is 5.21. The fourth-order valence-corrected chi connectivity index (χ4v) is 3.70. The zero-order chi connectivity index (χ0) is 17.1. The predicted molar refractivity (Wildman–Crippen MR) is 97.2 cm³/mol. The Morgan fingerprint density at radius 1 is 1.08 bits per heavy atom. The third kappa shape index (κ3) is 3.87. The number of nitrogens with zero attached hydrogens (tertiary/aromatic N) is 4. The molecule has 2 saturated heterocycles. The number of hydrogen-bond donors (Lipinski definition) is 0. The van der Waals surface area contributed by atoms with Crippen LogP contribution in [0.4, 0.5) is 0 Å². The van der Waals surface area contributed by atoms with Gasteiger partial charge in [-0.05, 0) is 25.1 Å². The summed E-state index contributed by atoms with van der Waals surface area (Å²) in [5.74, 6) is 0.701. The fourth-order valence-electron chi connectivity index (χ4n) is 3.70. The molecule has 0 saturated carbocycles. The number of fused-ring (bicyclic) bond motifs is 1.